The molecular formula is C21H42IN5O. The number of hydrogen-bond donors (Lipinski definition) is 2. The molecule has 2 saturated carbocycles. The van der Waals surface area contributed by atoms with Crippen molar-refractivity contribution in [1.29, 1.82) is 0 Å². The minimum atomic E-state index is 0. The van der Waals surface area contributed by atoms with Gasteiger partial charge in [-0.3, -0.25) is 9.89 Å². The van der Waals surface area contributed by atoms with E-state index < -0.39 is 0 Å². The fraction of sp³-hybridized carbons (Fsp3) is 0.952. The van der Waals surface area contributed by atoms with Crippen molar-refractivity contribution >= 4 is 29.9 Å². The minimum Gasteiger partial charge on any atom is -0.379 e. The van der Waals surface area contributed by atoms with Crippen LogP contribution in [0.4, 0.5) is 0 Å². The Morgan fingerprint density at radius 3 is 2.39 bits per heavy atom. The molecule has 0 spiro atoms. The Labute approximate surface area is 189 Å². The highest BCUT2D eigenvalue weighted by molar-refractivity contribution is 14.0. The average Bonchev–Trinajstić information content (AvgIpc) is 3.27. The third-order valence-corrected chi connectivity index (χ3v) is 6.98. The van der Waals surface area contributed by atoms with E-state index in [1.54, 1.807) is 0 Å². The standard InChI is InChI=1S/C21H41N5O.HI/c1-22-20(23-12-13-25(2)19-8-4-5-9-19)24-18-21(10-6-3-7-11-21)26-14-16-27-17-15-26;/h19H,3-18H2,1-2H3,(H2,22,23,24);1H. The van der Waals surface area contributed by atoms with Crippen LogP contribution in [0.1, 0.15) is 57.8 Å². The normalized spacial score (nSPS) is 24.2. The van der Waals surface area contributed by atoms with E-state index in [0.717, 1.165) is 57.9 Å². The Morgan fingerprint density at radius 1 is 1.07 bits per heavy atom. The van der Waals surface area contributed by atoms with Crippen LogP contribution in [0.3, 0.4) is 0 Å². The Hall–Kier alpha value is -0.120. The molecule has 1 aliphatic heterocycles. The summed E-state index contributed by atoms with van der Waals surface area (Å²) in [5, 5.41) is 7.20. The van der Waals surface area contributed by atoms with Gasteiger partial charge in [-0.25, -0.2) is 0 Å². The van der Waals surface area contributed by atoms with Gasteiger partial charge in [0.05, 0.1) is 13.2 Å². The van der Waals surface area contributed by atoms with Crippen molar-refractivity contribution < 1.29 is 4.74 Å². The molecule has 1 heterocycles. The third-order valence-electron chi connectivity index (χ3n) is 6.98. The lowest BCUT2D eigenvalue weighted by molar-refractivity contribution is -0.0352. The van der Waals surface area contributed by atoms with E-state index in [0.29, 0.717) is 0 Å². The fourth-order valence-corrected chi connectivity index (χ4v) is 5.20. The summed E-state index contributed by atoms with van der Waals surface area (Å²) in [4.78, 5) is 9.68. The summed E-state index contributed by atoms with van der Waals surface area (Å²) in [5.41, 5.74) is 0.278. The highest BCUT2D eigenvalue weighted by atomic mass is 127. The smallest absolute Gasteiger partial charge is 0.191 e. The van der Waals surface area contributed by atoms with Crippen molar-refractivity contribution in [3.05, 3.63) is 0 Å². The molecule has 0 radical (unpaired) electrons. The van der Waals surface area contributed by atoms with E-state index in [1.165, 1.54) is 57.8 Å². The van der Waals surface area contributed by atoms with E-state index in [4.69, 9.17) is 4.74 Å². The Kier molecular flexibility index (Phi) is 10.8. The molecule has 28 heavy (non-hydrogen) atoms. The molecule has 0 atom stereocenters. The zero-order valence-corrected chi connectivity index (χ0v) is 20.4. The van der Waals surface area contributed by atoms with Crippen LogP contribution in [-0.4, -0.2) is 87.4 Å². The van der Waals surface area contributed by atoms with Crippen molar-refractivity contribution in [2.75, 3.05) is 60.0 Å². The van der Waals surface area contributed by atoms with Gasteiger partial charge in [0.25, 0.3) is 0 Å². The van der Waals surface area contributed by atoms with Crippen LogP contribution in [0.25, 0.3) is 0 Å². The van der Waals surface area contributed by atoms with Crippen LogP contribution in [-0.2, 0) is 4.74 Å². The van der Waals surface area contributed by atoms with Gasteiger partial charge in [-0.2, -0.15) is 0 Å². The molecule has 1 saturated heterocycles. The highest BCUT2D eigenvalue weighted by Gasteiger charge is 2.38. The third kappa shape index (κ3) is 6.71. The summed E-state index contributed by atoms with van der Waals surface area (Å²) in [7, 11) is 4.15. The summed E-state index contributed by atoms with van der Waals surface area (Å²) in [6, 6.07) is 0.786. The number of likely N-dealkylation sites (N-methyl/N-ethyl adjacent to an activating group) is 1. The molecular weight excluding hydrogens is 465 g/mol. The Balaban J connectivity index is 0.00000280. The number of nitrogens with one attached hydrogen (secondary N) is 2. The maximum absolute atomic E-state index is 5.60. The average molecular weight is 508 g/mol. The molecule has 0 aromatic carbocycles. The van der Waals surface area contributed by atoms with E-state index in [2.05, 4.69) is 32.5 Å². The van der Waals surface area contributed by atoms with Crippen LogP contribution in [0, 0.1) is 0 Å². The number of hydrogen-bond acceptors (Lipinski definition) is 4. The molecule has 7 heteroatoms. The summed E-state index contributed by atoms with van der Waals surface area (Å²) in [6.45, 7) is 6.92. The number of nitrogens with zero attached hydrogens (tertiary/aromatic N) is 3. The predicted octanol–water partition coefficient (Wildman–Crippen LogP) is 2.68. The second-order valence-corrected chi connectivity index (χ2v) is 8.66. The van der Waals surface area contributed by atoms with Crippen molar-refractivity contribution in [3.8, 4) is 0 Å². The van der Waals surface area contributed by atoms with E-state index in [1.807, 2.05) is 7.05 Å². The van der Waals surface area contributed by atoms with Crippen LogP contribution >= 0.6 is 24.0 Å². The molecule has 164 valence electrons. The van der Waals surface area contributed by atoms with Gasteiger partial charge in [-0.1, -0.05) is 32.1 Å². The molecule has 2 aliphatic carbocycles. The Bertz CT molecular complexity index is 458. The molecule has 6 nitrogen and oxygen atoms in total. The first-order valence-corrected chi connectivity index (χ1v) is 11.2. The maximum atomic E-state index is 5.60. The summed E-state index contributed by atoms with van der Waals surface area (Å²) < 4.78 is 5.60. The molecule has 0 bridgehead atoms. The van der Waals surface area contributed by atoms with Crippen molar-refractivity contribution in [1.82, 2.24) is 20.4 Å². The molecule has 0 aromatic heterocycles. The molecule has 3 fully saturated rings. The number of ether oxygens (including phenoxy) is 1. The Morgan fingerprint density at radius 2 is 1.75 bits per heavy atom. The minimum absolute atomic E-state index is 0. The zero-order chi connectivity index (χ0) is 19.0. The number of aliphatic imine (C=N–C) groups is 1. The molecule has 3 aliphatic rings. The second kappa shape index (κ2) is 12.5. The largest absolute Gasteiger partial charge is 0.379 e. The molecule has 0 unspecified atom stereocenters. The zero-order valence-electron chi connectivity index (χ0n) is 18.0. The maximum Gasteiger partial charge on any atom is 0.191 e. The van der Waals surface area contributed by atoms with E-state index in [9.17, 15) is 0 Å². The SMILES string of the molecule is CN=C(NCCN(C)C1CCCC1)NCC1(N2CCOCC2)CCCCC1.I. The first kappa shape index (κ1) is 24.2. The van der Waals surface area contributed by atoms with Gasteiger partial charge >= 0.3 is 0 Å². The van der Waals surface area contributed by atoms with Crippen LogP contribution in [0.15, 0.2) is 4.99 Å². The predicted molar refractivity (Wildman–Crippen MR) is 128 cm³/mol. The van der Waals surface area contributed by atoms with Gasteiger partial charge in [0.2, 0.25) is 0 Å². The van der Waals surface area contributed by atoms with Crippen molar-refractivity contribution in [2.45, 2.75) is 69.4 Å². The van der Waals surface area contributed by atoms with Gasteiger partial charge in [0.15, 0.2) is 5.96 Å². The number of halogens is 1. The molecule has 3 rings (SSSR count). The lowest BCUT2D eigenvalue weighted by Crippen LogP contribution is -2.60. The van der Waals surface area contributed by atoms with Crippen LogP contribution < -0.4 is 10.6 Å². The fourth-order valence-electron chi connectivity index (χ4n) is 5.20. The quantitative estimate of drug-likeness (QED) is 0.316. The van der Waals surface area contributed by atoms with Crippen molar-refractivity contribution in [2.24, 2.45) is 4.99 Å². The number of rotatable bonds is 7. The summed E-state index contributed by atoms with van der Waals surface area (Å²) in [5.74, 6) is 0.952. The topological polar surface area (TPSA) is 52.1 Å². The van der Waals surface area contributed by atoms with Gasteiger partial charge in [0.1, 0.15) is 0 Å². The van der Waals surface area contributed by atoms with E-state index in [-0.39, 0.29) is 29.5 Å². The summed E-state index contributed by atoms with van der Waals surface area (Å²) in [6.07, 6.45) is 12.2. The number of guanidine groups is 1. The van der Waals surface area contributed by atoms with Crippen molar-refractivity contribution in [3.63, 3.8) is 0 Å². The first-order valence-electron chi connectivity index (χ1n) is 11.2. The van der Waals surface area contributed by atoms with Gasteiger partial charge in [-0.05, 0) is 32.7 Å². The van der Waals surface area contributed by atoms with Gasteiger partial charge < -0.3 is 20.3 Å². The number of morpholine rings is 1. The van der Waals surface area contributed by atoms with Gasteiger partial charge in [0, 0.05) is 51.4 Å². The summed E-state index contributed by atoms with van der Waals surface area (Å²) >= 11 is 0. The van der Waals surface area contributed by atoms with Crippen LogP contribution in [0.5, 0.6) is 0 Å². The highest BCUT2D eigenvalue weighted by Crippen LogP contribution is 2.33. The first-order chi connectivity index (χ1) is 13.2. The lowest BCUT2D eigenvalue weighted by Gasteiger charge is -2.48. The van der Waals surface area contributed by atoms with Crippen LogP contribution in [0.2, 0.25) is 0 Å². The lowest BCUT2D eigenvalue weighted by atomic mass is 9.80. The second-order valence-electron chi connectivity index (χ2n) is 8.66. The molecule has 0 amide bonds. The van der Waals surface area contributed by atoms with E-state index >= 15 is 0 Å². The monoisotopic (exact) mass is 507 g/mol. The molecule has 0 aromatic rings. The van der Waals surface area contributed by atoms with Gasteiger partial charge in [-0.15, -0.1) is 24.0 Å². The molecule has 2 N–H and O–H groups in total.